The molecule has 0 unspecified atom stereocenters. The first-order valence-corrected chi connectivity index (χ1v) is 13.3. The number of hydrogen-bond acceptors (Lipinski definition) is 4. The van der Waals surface area contributed by atoms with Gasteiger partial charge in [0.1, 0.15) is 12.6 Å². The second-order valence-electron chi connectivity index (χ2n) is 9.69. The summed E-state index contributed by atoms with van der Waals surface area (Å²) < 4.78 is 26.8. The Balaban J connectivity index is 1.99. The molecule has 0 aliphatic heterocycles. The molecule has 0 fully saturated rings. The van der Waals surface area contributed by atoms with E-state index in [1.807, 2.05) is 81.4 Å². The average molecular weight is 496 g/mol. The zero-order chi connectivity index (χ0) is 25.8. The normalized spacial score (nSPS) is 12.7. The van der Waals surface area contributed by atoms with E-state index in [9.17, 15) is 18.0 Å². The molecule has 0 saturated heterocycles. The fourth-order valence-electron chi connectivity index (χ4n) is 3.86. The molecule has 3 aromatic carbocycles. The summed E-state index contributed by atoms with van der Waals surface area (Å²) in [6.45, 7) is 7.01. The molecule has 186 valence electrons. The van der Waals surface area contributed by atoms with Crippen molar-refractivity contribution in [3.63, 3.8) is 0 Å². The van der Waals surface area contributed by atoms with Crippen molar-refractivity contribution in [2.45, 2.75) is 45.8 Å². The Bertz CT molecular complexity index is 1300. The van der Waals surface area contributed by atoms with Crippen LogP contribution in [0.5, 0.6) is 0 Å². The van der Waals surface area contributed by atoms with E-state index in [1.165, 1.54) is 4.90 Å². The minimum Gasteiger partial charge on any atom is -0.350 e. The van der Waals surface area contributed by atoms with E-state index in [4.69, 9.17) is 0 Å². The SMILES string of the molecule is C[C@H](C(=O)NC(C)(C)C)N(Cc1ccccc1)C(=O)CN(c1cccc2ccccc12)S(C)(=O)=O. The van der Waals surface area contributed by atoms with E-state index in [0.29, 0.717) is 5.69 Å². The third-order valence-electron chi connectivity index (χ3n) is 5.58. The first-order valence-electron chi connectivity index (χ1n) is 11.5. The minimum atomic E-state index is -3.80. The third-order valence-corrected chi connectivity index (χ3v) is 6.70. The van der Waals surface area contributed by atoms with E-state index in [0.717, 1.165) is 26.9 Å². The second-order valence-corrected chi connectivity index (χ2v) is 11.6. The van der Waals surface area contributed by atoms with Crippen LogP contribution in [0.2, 0.25) is 0 Å². The van der Waals surface area contributed by atoms with Gasteiger partial charge in [-0.05, 0) is 44.7 Å². The molecule has 3 rings (SSSR count). The molecule has 0 spiro atoms. The number of anilines is 1. The van der Waals surface area contributed by atoms with E-state index in [-0.39, 0.29) is 12.5 Å². The molecule has 1 atom stereocenters. The molecule has 0 aliphatic carbocycles. The summed E-state index contributed by atoms with van der Waals surface area (Å²) in [7, 11) is -3.80. The van der Waals surface area contributed by atoms with Crippen LogP contribution < -0.4 is 9.62 Å². The van der Waals surface area contributed by atoms with Gasteiger partial charge in [0.25, 0.3) is 0 Å². The number of fused-ring (bicyclic) bond motifs is 1. The maximum absolute atomic E-state index is 13.7. The quantitative estimate of drug-likeness (QED) is 0.513. The lowest BCUT2D eigenvalue weighted by Crippen LogP contribution is -2.54. The molecule has 0 aliphatic rings. The van der Waals surface area contributed by atoms with Crippen molar-refractivity contribution in [3.05, 3.63) is 78.4 Å². The van der Waals surface area contributed by atoms with Gasteiger partial charge in [0.05, 0.1) is 11.9 Å². The molecule has 0 bridgehead atoms. The van der Waals surface area contributed by atoms with Crippen molar-refractivity contribution in [1.29, 1.82) is 0 Å². The summed E-state index contributed by atoms with van der Waals surface area (Å²) in [5.74, 6) is -0.776. The number of sulfonamides is 1. The number of amides is 2. The molecular weight excluding hydrogens is 462 g/mol. The fraction of sp³-hybridized carbons (Fsp3) is 0.333. The van der Waals surface area contributed by atoms with Crippen LogP contribution in [0.4, 0.5) is 5.69 Å². The molecular formula is C27H33N3O4S. The maximum atomic E-state index is 13.7. The topological polar surface area (TPSA) is 86.8 Å². The predicted octanol–water partition coefficient (Wildman–Crippen LogP) is 3.94. The molecule has 35 heavy (non-hydrogen) atoms. The summed E-state index contributed by atoms with van der Waals surface area (Å²) in [5.41, 5.74) is 0.784. The number of nitrogens with zero attached hydrogens (tertiary/aromatic N) is 2. The smallest absolute Gasteiger partial charge is 0.244 e. The lowest BCUT2D eigenvalue weighted by Gasteiger charge is -2.33. The highest BCUT2D eigenvalue weighted by Gasteiger charge is 2.31. The Morgan fingerprint density at radius 3 is 2.14 bits per heavy atom. The number of rotatable bonds is 8. The summed E-state index contributed by atoms with van der Waals surface area (Å²) in [6, 6.07) is 21.3. The fourth-order valence-corrected chi connectivity index (χ4v) is 4.72. The molecule has 8 heteroatoms. The molecule has 2 amide bonds. The molecule has 3 aromatic rings. The van der Waals surface area contributed by atoms with Crippen molar-refractivity contribution in [2.24, 2.45) is 0 Å². The molecule has 0 aromatic heterocycles. The van der Waals surface area contributed by atoms with Gasteiger partial charge in [0.15, 0.2) is 0 Å². The Hall–Kier alpha value is -3.39. The molecule has 1 N–H and O–H groups in total. The Morgan fingerprint density at radius 1 is 0.914 bits per heavy atom. The van der Waals surface area contributed by atoms with Gasteiger partial charge >= 0.3 is 0 Å². The van der Waals surface area contributed by atoms with Crippen LogP contribution in [0.15, 0.2) is 72.8 Å². The van der Waals surface area contributed by atoms with Crippen molar-refractivity contribution in [3.8, 4) is 0 Å². The molecule has 7 nitrogen and oxygen atoms in total. The maximum Gasteiger partial charge on any atom is 0.244 e. The number of hydrogen-bond donors (Lipinski definition) is 1. The van der Waals surface area contributed by atoms with Crippen LogP contribution in [0, 0.1) is 0 Å². The second kappa shape index (κ2) is 10.5. The van der Waals surface area contributed by atoms with Crippen molar-refractivity contribution in [1.82, 2.24) is 10.2 Å². The summed E-state index contributed by atoms with van der Waals surface area (Å²) in [5, 5.41) is 4.50. The minimum absolute atomic E-state index is 0.172. The van der Waals surface area contributed by atoms with Crippen LogP contribution in [-0.2, 0) is 26.2 Å². The average Bonchev–Trinajstić information content (AvgIpc) is 2.79. The van der Waals surface area contributed by atoms with Gasteiger partial charge < -0.3 is 10.2 Å². The van der Waals surface area contributed by atoms with Gasteiger partial charge in [-0.3, -0.25) is 13.9 Å². The zero-order valence-electron chi connectivity index (χ0n) is 20.9. The Morgan fingerprint density at radius 2 is 1.51 bits per heavy atom. The van der Waals surface area contributed by atoms with Crippen molar-refractivity contribution in [2.75, 3.05) is 17.1 Å². The van der Waals surface area contributed by atoms with Crippen molar-refractivity contribution < 1.29 is 18.0 Å². The third kappa shape index (κ3) is 6.82. The zero-order valence-corrected chi connectivity index (χ0v) is 21.7. The molecule has 0 radical (unpaired) electrons. The van der Waals surface area contributed by atoms with Crippen LogP contribution in [0.3, 0.4) is 0 Å². The monoisotopic (exact) mass is 495 g/mol. The largest absolute Gasteiger partial charge is 0.350 e. The van der Waals surface area contributed by atoms with Crippen LogP contribution in [0.25, 0.3) is 10.8 Å². The van der Waals surface area contributed by atoms with E-state index in [2.05, 4.69) is 5.32 Å². The van der Waals surface area contributed by atoms with Crippen LogP contribution >= 0.6 is 0 Å². The summed E-state index contributed by atoms with van der Waals surface area (Å²) in [4.78, 5) is 28.1. The lowest BCUT2D eigenvalue weighted by molar-refractivity contribution is -0.140. The standard InChI is InChI=1S/C27H33N3O4S/c1-20(26(32)28-27(2,3)4)29(18-21-12-7-6-8-13-21)25(31)19-30(35(5,33)34)24-17-11-15-22-14-9-10-16-23(22)24/h6-17,20H,18-19H2,1-5H3,(H,28,32)/t20-/m1/s1. The van der Waals surface area contributed by atoms with Crippen LogP contribution in [-0.4, -0.2) is 49.5 Å². The number of nitrogens with one attached hydrogen (secondary N) is 1. The van der Waals surface area contributed by atoms with Gasteiger partial charge in [-0.2, -0.15) is 0 Å². The predicted molar refractivity (Wildman–Crippen MR) is 140 cm³/mol. The Kier molecular flexibility index (Phi) is 7.85. The highest BCUT2D eigenvalue weighted by molar-refractivity contribution is 7.92. The highest BCUT2D eigenvalue weighted by Crippen LogP contribution is 2.28. The number of carbonyl (C=O) groups excluding carboxylic acids is 2. The lowest BCUT2D eigenvalue weighted by atomic mass is 10.1. The Labute approximate surface area is 207 Å². The van der Waals surface area contributed by atoms with Gasteiger partial charge in [-0.25, -0.2) is 8.42 Å². The number of carbonyl (C=O) groups is 2. The van der Waals surface area contributed by atoms with Gasteiger partial charge in [0, 0.05) is 17.5 Å². The van der Waals surface area contributed by atoms with Gasteiger partial charge in [-0.1, -0.05) is 66.7 Å². The van der Waals surface area contributed by atoms with Gasteiger partial charge in [-0.15, -0.1) is 0 Å². The first-order chi connectivity index (χ1) is 16.4. The van der Waals surface area contributed by atoms with E-state index < -0.39 is 34.1 Å². The first kappa shape index (κ1) is 26.2. The summed E-state index contributed by atoms with van der Waals surface area (Å²) >= 11 is 0. The van der Waals surface area contributed by atoms with Crippen molar-refractivity contribution >= 4 is 38.3 Å². The van der Waals surface area contributed by atoms with E-state index >= 15 is 0 Å². The van der Waals surface area contributed by atoms with E-state index in [1.54, 1.807) is 19.1 Å². The molecule has 0 saturated carbocycles. The summed E-state index contributed by atoms with van der Waals surface area (Å²) in [6.07, 6.45) is 1.08. The molecule has 0 heterocycles. The van der Waals surface area contributed by atoms with Crippen LogP contribution in [0.1, 0.15) is 33.3 Å². The van der Waals surface area contributed by atoms with Gasteiger partial charge in [0.2, 0.25) is 21.8 Å². The highest BCUT2D eigenvalue weighted by atomic mass is 32.2. The number of benzene rings is 3.